The molecule has 10 rings (SSSR count). The molecule has 3 aromatic carbocycles. The van der Waals surface area contributed by atoms with E-state index in [1.54, 1.807) is 18.2 Å². The van der Waals surface area contributed by atoms with Gasteiger partial charge in [0, 0.05) is 77.2 Å². The quantitative estimate of drug-likeness (QED) is 0.191. The van der Waals surface area contributed by atoms with Gasteiger partial charge in [0.05, 0.1) is 11.6 Å². The van der Waals surface area contributed by atoms with Crippen molar-refractivity contribution in [3.05, 3.63) is 52.6 Å². The van der Waals surface area contributed by atoms with Crippen LogP contribution in [0.2, 0.25) is 5.02 Å². The maximum absolute atomic E-state index is 17.2. The minimum Gasteiger partial charge on any atom is -0.508 e. The van der Waals surface area contributed by atoms with Crippen molar-refractivity contribution in [3.8, 4) is 22.9 Å². The highest BCUT2D eigenvalue weighted by molar-refractivity contribution is 7.99. The van der Waals surface area contributed by atoms with Crippen molar-refractivity contribution in [1.82, 2.24) is 20.2 Å². The number of fused-ring (bicyclic) bond motifs is 7. The Morgan fingerprint density at radius 2 is 1.77 bits per heavy atom. The van der Waals surface area contributed by atoms with Gasteiger partial charge in [0.2, 0.25) is 0 Å². The normalized spacial score (nSPS) is 30.3. The van der Waals surface area contributed by atoms with Gasteiger partial charge in [0.25, 0.3) is 0 Å². The van der Waals surface area contributed by atoms with Gasteiger partial charge in [-0.05, 0) is 91.5 Å². The fourth-order valence-corrected chi connectivity index (χ4v) is 11.1. The minimum atomic E-state index is -0.616. The first-order chi connectivity index (χ1) is 23.4. The van der Waals surface area contributed by atoms with Crippen LogP contribution in [0.15, 0.2) is 30.3 Å². The predicted octanol–water partition coefficient (Wildman–Crippen LogP) is 7.04. The zero-order valence-corrected chi connectivity index (χ0v) is 28.2. The molecule has 6 fully saturated rings. The second kappa shape index (κ2) is 11.0. The van der Waals surface area contributed by atoms with Gasteiger partial charge in [0.1, 0.15) is 22.9 Å². The number of thioether (sulfide) groups is 1. The SMILES string of the molecule is Oc1cc(-c2c(Cl)cc3c(N4CC5CCC(C4)N5)nc(OCCCN4C5CCC4CSC5)nc3c2F)c2c(C34CC3C4)c(F)ccc2c1. The summed E-state index contributed by atoms with van der Waals surface area (Å²) in [4.78, 5) is 14.4. The number of piperazine rings is 1. The molecule has 2 saturated carbocycles. The lowest BCUT2D eigenvalue weighted by Gasteiger charge is -2.34. The number of hydrogen-bond donors (Lipinski definition) is 2. The molecule has 2 aliphatic carbocycles. The third-order valence-corrected chi connectivity index (χ3v) is 13.6. The number of hydrogen-bond acceptors (Lipinski definition) is 8. The van der Waals surface area contributed by atoms with Gasteiger partial charge in [0.15, 0.2) is 5.82 Å². The van der Waals surface area contributed by atoms with Crippen LogP contribution < -0.4 is 15.0 Å². The zero-order valence-electron chi connectivity index (χ0n) is 26.7. The van der Waals surface area contributed by atoms with E-state index in [4.69, 9.17) is 21.3 Å². The van der Waals surface area contributed by atoms with E-state index in [2.05, 4.69) is 31.9 Å². The van der Waals surface area contributed by atoms with Crippen LogP contribution in [0.3, 0.4) is 0 Å². The summed E-state index contributed by atoms with van der Waals surface area (Å²) in [7, 11) is 0. The third-order valence-electron chi connectivity index (χ3n) is 12.0. The van der Waals surface area contributed by atoms with Crippen LogP contribution in [-0.4, -0.2) is 81.9 Å². The average molecular weight is 690 g/mol. The van der Waals surface area contributed by atoms with Crippen molar-refractivity contribution in [3.63, 3.8) is 0 Å². The molecule has 0 radical (unpaired) electrons. The van der Waals surface area contributed by atoms with Gasteiger partial charge in [-0.1, -0.05) is 17.7 Å². The summed E-state index contributed by atoms with van der Waals surface area (Å²) in [5.41, 5.74) is 1.03. The Morgan fingerprint density at radius 1 is 1.02 bits per heavy atom. The van der Waals surface area contributed by atoms with Gasteiger partial charge in [-0.2, -0.15) is 21.7 Å². The molecule has 0 amide bonds. The summed E-state index contributed by atoms with van der Waals surface area (Å²) in [5.74, 6) is 2.55. The Bertz CT molecular complexity index is 1960. The van der Waals surface area contributed by atoms with Crippen LogP contribution >= 0.6 is 23.4 Å². The van der Waals surface area contributed by atoms with Crippen molar-refractivity contribution in [2.45, 2.75) is 74.5 Å². The first kappa shape index (κ1) is 29.9. The summed E-state index contributed by atoms with van der Waals surface area (Å²) < 4.78 is 39.0. The molecule has 4 bridgehead atoms. The van der Waals surface area contributed by atoms with Crippen LogP contribution in [0.5, 0.6) is 11.8 Å². The predicted molar refractivity (Wildman–Crippen MR) is 187 cm³/mol. The van der Waals surface area contributed by atoms with E-state index in [1.807, 2.05) is 0 Å². The van der Waals surface area contributed by atoms with Gasteiger partial charge < -0.3 is 20.1 Å². The van der Waals surface area contributed by atoms with Crippen molar-refractivity contribution >= 4 is 50.9 Å². The largest absolute Gasteiger partial charge is 0.508 e. The Kier molecular flexibility index (Phi) is 6.89. The van der Waals surface area contributed by atoms with Crippen LogP contribution in [0.25, 0.3) is 32.8 Å². The van der Waals surface area contributed by atoms with Crippen LogP contribution in [-0.2, 0) is 5.41 Å². The fraction of sp³-hybridized carbons (Fsp3) is 0.514. The Morgan fingerprint density at radius 3 is 2.50 bits per heavy atom. The molecule has 7 nitrogen and oxygen atoms in total. The maximum atomic E-state index is 17.2. The monoisotopic (exact) mass is 689 g/mol. The van der Waals surface area contributed by atoms with E-state index in [9.17, 15) is 5.11 Å². The van der Waals surface area contributed by atoms with Gasteiger partial charge in [-0.25, -0.2) is 8.78 Å². The standard InChI is InChI=1S/C37H38ClF2N5O2S/c38-28-12-27-34(33(40)31(28)26-11-25(46)10-19-2-7-29(39)32(30(19)26)37-13-20(37)14-37)42-36(43-35(27)44-15-21-3-4-22(16-44)41-21)47-9-1-8-45-23-5-6-24(45)18-48-17-23/h2,7,10-12,20-24,41,46H,1,3-6,8-9,13-18H2. The molecule has 250 valence electrons. The lowest BCUT2D eigenvalue weighted by molar-refractivity contribution is 0.187. The van der Waals surface area contributed by atoms with E-state index >= 15 is 8.78 Å². The highest BCUT2D eigenvalue weighted by Gasteiger charge is 2.71. The molecule has 5 heterocycles. The average Bonchev–Trinajstić information content (AvgIpc) is 3.90. The Balaban J connectivity index is 1.07. The second-order valence-electron chi connectivity index (χ2n) is 15.0. The number of nitrogens with zero attached hydrogens (tertiary/aromatic N) is 4. The lowest BCUT2D eigenvalue weighted by Crippen LogP contribution is -2.51. The molecular formula is C37H38ClF2N5O2S. The summed E-state index contributed by atoms with van der Waals surface area (Å²) in [6.45, 7) is 2.91. The molecule has 6 aliphatic rings. The number of ether oxygens (including phenoxy) is 1. The number of nitrogens with one attached hydrogen (secondary N) is 1. The van der Waals surface area contributed by atoms with Crippen LogP contribution in [0, 0.1) is 17.6 Å². The molecular weight excluding hydrogens is 652 g/mol. The topological polar surface area (TPSA) is 73.8 Å². The molecule has 11 heteroatoms. The first-order valence-electron chi connectivity index (χ1n) is 17.5. The molecule has 2 N–H and O–H groups in total. The van der Waals surface area contributed by atoms with Crippen molar-refractivity contribution in [1.29, 1.82) is 0 Å². The molecule has 4 aromatic rings. The number of aromatic nitrogens is 2. The van der Waals surface area contributed by atoms with E-state index in [0.29, 0.717) is 69.8 Å². The van der Waals surface area contributed by atoms with Gasteiger partial charge in [-0.3, -0.25) is 4.90 Å². The first-order valence-corrected chi connectivity index (χ1v) is 19.0. The molecule has 4 unspecified atom stereocenters. The molecule has 0 spiro atoms. The van der Waals surface area contributed by atoms with Crippen LogP contribution in [0.4, 0.5) is 14.6 Å². The van der Waals surface area contributed by atoms with E-state index in [-0.39, 0.29) is 39.1 Å². The van der Waals surface area contributed by atoms with Crippen molar-refractivity contribution in [2.24, 2.45) is 5.92 Å². The van der Waals surface area contributed by atoms with Gasteiger partial charge in [-0.15, -0.1) is 0 Å². The summed E-state index contributed by atoms with van der Waals surface area (Å²) >= 11 is 9.08. The lowest BCUT2D eigenvalue weighted by atomic mass is 9.88. The number of anilines is 1. The number of aromatic hydroxyl groups is 1. The summed E-state index contributed by atoms with van der Waals surface area (Å²) in [5, 5.41) is 16.4. The van der Waals surface area contributed by atoms with Crippen molar-refractivity contribution in [2.75, 3.05) is 42.6 Å². The smallest absolute Gasteiger partial charge is 0.319 e. The van der Waals surface area contributed by atoms with Crippen molar-refractivity contribution < 1.29 is 18.6 Å². The fourth-order valence-electron chi connectivity index (χ4n) is 9.39. The van der Waals surface area contributed by atoms with E-state index in [1.165, 1.54) is 36.5 Å². The maximum Gasteiger partial charge on any atom is 0.319 e. The third kappa shape index (κ3) is 4.72. The minimum absolute atomic E-state index is 0.0318. The second-order valence-corrected chi connectivity index (χ2v) is 16.4. The van der Waals surface area contributed by atoms with E-state index < -0.39 is 5.82 Å². The Hall–Kier alpha value is -2.92. The number of halogens is 3. The number of phenolic OH excluding ortho intramolecular Hbond substituents is 1. The number of rotatable bonds is 8. The zero-order chi connectivity index (χ0) is 32.3. The summed E-state index contributed by atoms with van der Waals surface area (Å²) in [6, 6.07) is 10.1. The van der Waals surface area contributed by atoms with Gasteiger partial charge >= 0.3 is 6.01 Å². The summed E-state index contributed by atoms with van der Waals surface area (Å²) in [6.07, 6.45) is 7.43. The molecule has 4 atom stereocenters. The highest BCUT2D eigenvalue weighted by atomic mass is 35.5. The molecule has 4 aliphatic heterocycles. The van der Waals surface area contributed by atoms with Crippen LogP contribution in [0.1, 0.15) is 50.5 Å². The molecule has 1 aromatic heterocycles. The van der Waals surface area contributed by atoms with E-state index in [0.717, 1.165) is 51.7 Å². The Labute approximate surface area is 287 Å². The highest BCUT2D eigenvalue weighted by Crippen LogP contribution is 2.77. The molecule has 4 saturated heterocycles. The molecule has 48 heavy (non-hydrogen) atoms. The number of benzene rings is 3. The number of phenols is 1.